The molecule has 0 spiro atoms. The van der Waals surface area contributed by atoms with E-state index in [2.05, 4.69) is 0 Å². The summed E-state index contributed by atoms with van der Waals surface area (Å²) in [5, 5.41) is 9.31. The number of hydrogen-bond donors (Lipinski definition) is 1. The van der Waals surface area contributed by atoms with Gasteiger partial charge in [-0.1, -0.05) is 12.1 Å². The van der Waals surface area contributed by atoms with Crippen LogP contribution in [0.2, 0.25) is 0 Å². The maximum atomic E-state index is 12.8. The smallest absolute Gasteiger partial charge is 0.392 e. The standard InChI is InChI=1S/C11H12F3NO3S/c12-11(13,14)9-3-1-2-4-10(9)19(17,18)15-6-5-8(16)7-15/h1-4,8,16H,5-7H2. The van der Waals surface area contributed by atoms with Gasteiger partial charge in [-0.3, -0.25) is 0 Å². The van der Waals surface area contributed by atoms with Gasteiger partial charge in [-0.2, -0.15) is 17.5 Å². The molecule has 8 heteroatoms. The van der Waals surface area contributed by atoms with Crippen LogP contribution in [0, 0.1) is 0 Å². The third-order valence-electron chi connectivity index (χ3n) is 2.94. The maximum Gasteiger partial charge on any atom is 0.417 e. The van der Waals surface area contributed by atoms with E-state index in [4.69, 9.17) is 0 Å². The van der Waals surface area contributed by atoms with Gasteiger partial charge in [0.2, 0.25) is 10.0 Å². The van der Waals surface area contributed by atoms with Crippen molar-refractivity contribution >= 4 is 10.0 Å². The fourth-order valence-corrected chi connectivity index (χ4v) is 3.70. The summed E-state index contributed by atoms with van der Waals surface area (Å²) in [5.41, 5.74) is -1.18. The van der Waals surface area contributed by atoms with E-state index in [1.165, 1.54) is 6.07 Å². The van der Waals surface area contributed by atoms with E-state index >= 15 is 0 Å². The number of aliphatic hydroxyl groups is 1. The van der Waals surface area contributed by atoms with E-state index in [0.29, 0.717) is 0 Å². The van der Waals surface area contributed by atoms with Gasteiger partial charge in [0.1, 0.15) is 0 Å². The second kappa shape index (κ2) is 4.77. The molecule has 0 amide bonds. The van der Waals surface area contributed by atoms with Crippen LogP contribution in [0.5, 0.6) is 0 Å². The Bertz CT molecular complexity index is 571. The second-order valence-electron chi connectivity index (χ2n) is 4.30. The number of alkyl halides is 3. The van der Waals surface area contributed by atoms with Crippen LogP contribution in [0.4, 0.5) is 13.2 Å². The highest BCUT2D eigenvalue weighted by molar-refractivity contribution is 7.89. The van der Waals surface area contributed by atoms with E-state index in [-0.39, 0.29) is 19.5 Å². The van der Waals surface area contributed by atoms with E-state index in [1.54, 1.807) is 0 Å². The first-order chi connectivity index (χ1) is 8.73. The molecule has 1 aromatic rings. The molecular weight excluding hydrogens is 283 g/mol. The Labute approximate surface area is 108 Å². The molecule has 1 unspecified atom stereocenters. The number of benzene rings is 1. The zero-order valence-electron chi connectivity index (χ0n) is 9.76. The highest BCUT2D eigenvalue weighted by Gasteiger charge is 2.40. The Morgan fingerprint density at radius 1 is 1.26 bits per heavy atom. The number of aliphatic hydroxyl groups excluding tert-OH is 1. The van der Waals surface area contributed by atoms with Gasteiger partial charge < -0.3 is 5.11 Å². The predicted molar refractivity (Wildman–Crippen MR) is 60.8 cm³/mol. The Morgan fingerprint density at radius 2 is 1.89 bits per heavy atom. The molecule has 1 N–H and O–H groups in total. The predicted octanol–water partition coefficient (Wildman–Crippen LogP) is 1.46. The molecule has 0 saturated carbocycles. The van der Waals surface area contributed by atoms with Crippen LogP contribution in [-0.4, -0.2) is 37.0 Å². The van der Waals surface area contributed by atoms with Crippen LogP contribution < -0.4 is 0 Å². The van der Waals surface area contributed by atoms with Crippen molar-refractivity contribution in [2.45, 2.75) is 23.6 Å². The molecule has 0 aliphatic carbocycles. The first-order valence-corrected chi connectivity index (χ1v) is 7.01. The third-order valence-corrected chi connectivity index (χ3v) is 4.86. The zero-order valence-corrected chi connectivity index (χ0v) is 10.6. The molecule has 0 radical (unpaired) electrons. The van der Waals surface area contributed by atoms with Gasteiger partial charge in [0.05, 0.1) is 16.6 Å². The van der Waals surface area contributed by atoms with Crippen LogP contribution in [0.25, 0.3) is 0 Å². The Morgan fingerprint density at radius 3 is 2.42 bits per heavy atom. The Hall–Kier alpha value is -1.12. The Kier molecular flexibility index (Phi) is 3.59. The number of sulfonamides is 1. The summed E-state index contributed by atoms with van der Waals surface area (Å²) in [6.45, 7) is -0.149. The van der Waals surface area contributed by atoms with E-state index < -0.39 is 32.8 Å². The monoisotopic (exact) mass is 295 g/mol. The van der Waals surface area contributed by atoms with Crippen LogP contribution >= 0.6 is 0 Å². The normalized spacial score (nSPS) is 21.8. The van der Waals surface area contributed by atoms with Crippen LogP contribution in [0.3, 0.4) is 0 Å². The molecule has 1 fully saturated rings. The van der Waals surface area contributed by atoms with Crippen molar-refractivity contribution in [2.24, 2.45) is 0 Å². The largest absolute Gasteiger partial charge is 0.417 e. The van der Waals surface area contributed by atoms with Crippen molar-refractivity contribution in [3.8, 4) is 0 Å². The minimum Gasteiger partial charge on any atom is -0.392 e. The minimum absolute atomic E-state index is 0.0235. The Balaban J connectivity index is 2.47. The number of rotatable bonds is 2. The van der Waals surface area contributed by atoms with Crippen LogP contribution in [0.15, 0.2) is 29.2 Å². The molecule has 1 saturated heterocycles. The molecule has 19 heavy (non-hydrogen) atoms. The molecule has 1 aliphatic rings. The minimum atomic E-state index is -4.73. The molecule has 0 bridgehead atoms. The summed E-state index contributed by atoms with van der Waals surface area (Å²) in [7, 11) is -4.23. The second-order valence-corrected chi connectivity index (χ2v) is 6.21. The van der Waals surface area contributed by atoms with E-state index in [0.717, 1.165) is 22.5 Å². The van der Waals surface area contributed by atoms with E-state index in [9.17, 15) is 26.7 Å². The van der Waals surface area contributed by atoms with Crippen molar-refractivity contribution in [1.82, 2.24) is 4.31 Å². The quantitative estimate of drug-likeness (QED) is 0.898. The number of β-amino-alcohol motifs (C(OH)–C–C–N with tert-alkyl or cyclic N) is 1. The highest BCUT2D eigenvalue weighted by atomic mass is 32.2. The number of nitrogens with zero attached hydrogens (tertiary/aromatic N) is 1. The summed E-state index contributed by atoms with van der Waals surface area (Å²) in [6.07, 6.45) is -5.33. The zero-order chi connectivity index (χ0) is 14.3. The first-order valence-electron chi connectivity index (χ1n) is 5.57. The molecule has 1 heterocycles. The van der Waals surface area contributed by atoms with Gasteiger partial charge in [0.25, 0.3) is 0 Å². The molecule has 1 atom stereocenters. The first kappa shape index (κ1) is 14.3. The van der Waals surface area contributed by atoms with Crippen LogP contribution in [-0.2, 0) is 16.2 Å². The summed E-state index contributed by atoms with van der Waals surface area (Å²) < 4.78 is 63.6. The summed E-state index contributed by atoms with van der Waals surface area (Å²) in [5.74, 6) is 0. The average molecular weight is 295 g/mol. The lowest BCUT2D eigenvalue weighted by Gasteiger charge is -2.19. The average Bonchev–Trinajstić information content (AvgIpc) is 2.75. The molecule has 1 aliphatic heterocycles. The lowest BCUT2D eigenvalue weighted by molar-refractivity contribution is -0.139. The van der Waals surface area contributed by atoms with Crippen molar-refractivity contribution in [2.75, 3.05) is 13.1 Å². The highest BCUT2D eigenvalue weighted by Crippen LogP contribution is 2.35. The van der Waals surface area contributed by atoms with Gasteiger partial charge in [0.15, 0.2) is 0 Å². The molecule has 4 nitrogen and oxygen atoms in total. The lowest BCUT2D eigenvalue weighted by atomic mass is 10.2. The fraction of sp³-hybridized carbons (Fsp3) is 0.455. The van der Waals surface area contributed by atoms with Crippen LogP contribution in [0.1, 0.15) is 12.0 Å². The van der Waals surface area contributed by atoms with Crippen molar-refractivity contribution in [1.29, 1.82) is 0 Å². The SMILES string of the molecule is O=S(=O)(c1ccccc1C(F)(F)F)N1CCC(O)C1. The summed E-state index contributed by atoms with van der Waals surface area (Å²) in [6, 6.07) is 4.05. The number of halogens is 3. The van der Waals surface area contributed by atoms with Gasteiger partial charge in [-0.05, 0) is 18.6 Å². The van der Waals surface area contributed by atoms with Crippen molar-refractivity contribution in [3.63, 3.8) is 0 Å². The molecule has 1 aromatic carbocycles. The lowest BCUT2D eigenvalue weighted by Crippen LogP contribution is -2.31. The van der Waals surface area contributed by atoms with Crippen molar-refractivity contribution < 1.29 is 26.7 Å². The fourth-order valence-electron chi connectivity index (χ4n) is 1.99. The maximum absolute atomic E-state index is 12.8. The third kappa shape index (κ3) is 2.75. The van der Waals surface area contributed by atoms with Gasteiger partial charge >= 0.3 is 6.18 Å². The molecule has 0 aromatic heterocycles. The molecule has 2 rings (SSSR count). The van der Waals surface area contributed by atoms with Gasteiger partial charge in [0, 0.05) is 13.1 Å². The van der Waals surface area contributed by atoms with E-state index in [1.807, 2.05) is 0 Å². The van der Waals surface area contributed by atoms with Gasteiger partial charge in [-0.15, -0.1) is 0 Å². The van der Waals surface area contributed by atoms with Gasteiger partial charge in [-0.25, -0.2) is 8.42 Å². The number of hydrogen-bond acceptors (Lipinski definition) is 3. The summed E-state index contributed by atoms with van der Waals surface area (Å²) >= 11 is 0. The summed E-state index contributed by atoms with van der Waals surface area (Å²) in [4.78, 5) is -0.767. The molecular formula is C11H12F3NO3S. The van der Waals surface area contributed by atoms with Crippen molar-refractivity contribution in [3.05, 3.63) is 29.8 Å². The molecule has 106 valence electrons. The topological polar surface area (TPSA) is 57.6 Å².